The van der Waals surface area contributed by atoms with Gasteiger partial charge in [-0.1, -0.05) is 17.8 Å². The van der Waals surface area contributed by atoms with Crippen LogP contribution in [0.5, 0.6) is 0 Å². The minimum atomic E-state index is 0.181. The number of imidazole rings is 1. The molecule has 140 valence electrons. The van der Waals surface area contributed by atoms with Crippen molar-refractivity contribution in [3.8, 4) is 0 Å². The number of hydrogen-bond acceptors (Lipinski definition) is 5. The highest BCUT2D eigenvalue weighted by Crippen LogP contribution is 2.60. The van der Waals surface area contributed by atoms with E-state index in [9.17, 15) is 0 Å². The molecule has 4 aliphatic carbocycles. The van der Waals surface area contributed by atoms with Gasteiger partial charge in [-0.2, -0.15) is 0 Å². The lowest BCUT2D eigenvalue weighted by Gasteiger charge is -2.55. The van der Waals surface area contributed by atoms with Crippen LogP contribution in [0.3, 0.4) is 0 Å². The molecule has 0 spiro atoms. The first-order chi connectivity index (χ1) is 13.2. The molecule has 6 heteroatoms. The zero-order valence-corrected chi connectivity index (χ0v) is 16.4. The normalized spacial score (nSPS) is 31.8. The molecule has 7 rings (SSSR count). The van der Waals surface area contributed by atoms with E-state index in [1.807, 2.05) is 6.20 Å². The number of fused-ring (bicyclic) bond motifs is 1. The Balaban J connectivity index is 1.21. The third kappa shape index (κ3) is 2.64. The molecule has 4 aliphatic rings. The molecule has 3 aromatic rings. The fraction of sp³-hybridized carbons (Fsp3) is 0.571. The highest BCUT2D eigenvalue weighted by atomic mass is 32.2. The predicted octanol–water partition coefficient (Wildman–Crippen LogP) is 4.79. The summed E-state index contributed by atoms with van der Waals surface area (Å²) in [5.74, 6) is 4.33. The molecule has 5 nitrogen and oxygen atoms in total. The van der Waals surface area contributed by atoms with Crippen molar-refractivity contribution in [3.63, 3.8) is 0 Å². The fourth-order valence-electron chi connectivity index (χ4n) is 6.26. The number of thioether (sulfide) groups is 1. The van der Waals surface area contributed by atoms with Crippen LogP contribution in [0.15, 0.2) is 34.2 Å². The Morgan fingerprint density at radius 2 is 1.89 bits per heavy atom. The molecule has 0 N–H and O–H groups in total. The molecule has 27 heavy (non-hydrogen) atoms. The van der Waals surface area contributed by atoms with Crippen molar-refractivity contribution < 1.29 is 4.42 Å². The molecule has 0 saturated heterocycles. The van der Waals surface area contributed by atoms with Gasteiger partial charge in [-0.3, -0.25) is 0 Å². The lowest BCUT2D eigenvalue weighted by atomic mass is 9.49. The lowest BCUT2D eigenvalue weighted by Crippen LogP contribution is -2.48. The largest absolute Gasteiger partial charge is 0.415 e. The molecule has 3 heterocycles. The molecule has 0 aliphatic heterocycles. The number of nitrogens with zero attached hydrogens (tertiary/aromatic N) is 4. The summed E-state index contributed by atoms with van der Waals surface area (Å²) >= 11 is 1.60. The van der Waals surface area contributed by atoms with Gasteiger partial charge in [0.25, 0.3) is 5.22 Å². The third-order valence-corrected chi connectivity index (χ3v) is 7.82. The van der Waals surface area contributed by atoms with Gasteiger partial charge in [0.2, 0.25) is 5.89 Å². The van der Waals surface area contributed by atoms with Crippen molar-refractivity contribution in [2.45, 2.75) is 61.8 Å². The van der Waals surface area contributed by atoms with Crippen molar-refractivity contribution in [1.29, 1.82) is 0 Å². The van der Waals surface area contributed by atoms with E-state index in [0.29, 0.717) is 5.22 Å². The molecule has 3 aromatic heterocycles. The smallest absolute Gasteiger partial charge is 0.276 e. The van der Waals surface area contributed by atoms with Crippen LogP contribution < -0.4 is 0 Å². The summed E-state index contributed by atoms with van der Waals surface area (Å²) in [6.07, 6.45) is 12.2. The second-order valence-electron chi connectivity index (χ2n) is 9.01. The van der Waals surface area contributed by atoms with Crippen LogP contribution in [0.25, 0.3) is 5.65 Å². The van der Waals surface area contributed by atoms with Crippen molar-refractivity contribution in [2.75, 3.05) is 0 Å². The van der Waals surface area contributed by atoms with Gasteiger partial charge in [-0.25, -0.2) is 4.98 Å². The Kier molecular flexibility index (Phi) is 3.49. The fourth-order valence-corrected chi connectivity index (χ4v) is 6.91. The van der Waals surface area contributed by atoms with Crippen LogP contribution in [-0.2, 0) is 11.2 Å². The van der Waals surface area contributed by atoms with E-state index in [2.05, 4.69) is 39.9 Å². The van der Waals surface area contributed by atoms with Gasteiger partial charge in [-0.05, 0) is 74.8 Å². The SMILES string of the molecule is Cc1cccn2cc(CSc3nnc(C45CC6CC(CC(C6)C4)C5)o3)nc12. The van der Waals surface area contributed by atoms with Gasteiger partial charge in [0.1, 0.15) is 5.65 Å². The van der Waals surface area contributed by atoms with Crippen molar-refractivity contribution in [1.82, 2.24) is 19.6 Å². The van der Waals surface area contributed by atoms with Crippen molar-refractivity contribution >= 4 is 17.4 Å². The van der Waals surface area contributed by atoms with Gasteiger partial charge >= 0.3 is 0 Å². The van der Waals surface area contributed by atoms with E-state index >= 15 is 0 Å². The summed E-state index contributed by atoms with van der Waals surface area (Å²) in [4.78, 5) is 4.74. The average Bonchev–Trinajstić information content (AvgIpc) is 3.27. The summed E-state index contributed by atoms with van der Waals surface area (Å²) in [7, 11) is 0. The maximum absolute atomic E-state index is 6.19. The van der Waals surface area contributed by atoms with Gasteiger partial charge in [-0.15, -0.1) is 10.2 Å². The minimum absolute atomic E-state index is 0.181. The number of rotatable bonds is 4. The van der Waals surface area contributed by atoms with E-state index in [0.717, 1.165) is 40.7 Å². The van der Waals surface area contributed by atoms with Crippen LogP contribution in [0.4, 0.5) is 0 Å². The Morgan fingerprint density at radius 3 is 2.59 bits per heavy atom. The van der Waals surface area contributed by atoms with E-state index in [4.69, 9.17) is 9.40 Å². The van der Waals surface area contributed by atoms with Crippen LogP contribution in [0, 0.1) is 24.7 Å². The maximum Gasteiger partial charge on any atom is 0.276 e. The van der Waals surface area contributed by atoms with Crippen LogP contribution in [0.1, 0.15) is 55.7 Å². The summed E-state index contributed by atoms with van der Waals surface area (Å²) in [6, 6.07) is 4.14. The van der Waals surface area contributed by atoms with E-state index in [-0.39, 0.29) is 5.41 Å². The molecule has 4 saturated carbocycles. The first kappa shape index (κ1) is 16.2. The predicted molar refractivity (Wildman–Crippen MR) is 104 cm³/mol. The second kappa shape index (κ2) is 5.84. The third-order valence-electron chi connectivity index (χ3n) is 6.97. The van der Waals surface area contributed by atoms with E-state index in [1.165, 1.54) is 44.1 Å². The lowest BCUT2D eigenvalue weighted by molar-refractivity contribution is -0.0191. The van der Waals surface area contributed by atoms with E-state index < -0.39 is 0 Å². The molecule has 0 unspecified atom stereocenters. The first-order valence-corrected chi connectivity index (χ1v) is 11.1. The Bertz CT molecular complexity index is 971. The van der Waals surface area contributed by atoms with Crippen LogP contribution in [0.2, 0.25) is 0 Å². The molecular formula is C21H24N4OS. The highest BCUT2D eigenvalue weighted by molar-refractivity contribution is 7.98. The number of pyridine rings is 1. The first-order valence-electron chi connectivity index (χ1n) is 10.1. The zero-order chi connectivity index (χ0) is 18.0. The maximum atomic E-state index is 6.19. The van der Waals surface area contributed by atoms with Crippen LogP contribution in [-0.4, -0.2) is 19.6 Å². The van der Waals surface area contributed by atoms with Gasteiger partial charge in [0.05, 0.1) is 5.69 Å². The summed E-state index contributed by atoms with van der Waals surface area (Å²) < 4.78 is 8.28. The molecule has 4 bridgehead atoms. The Hall–Kier alpha value is -1.82. The standard InChI is InChI=1S/C21H24N4OS/c1-13-3-2-4-25-11-17(22-18(13)25)12-27-20-24-23-19(26-20)21-8-14-5-15(9-21)7-16(6-14)10-21/h2-4,11,14-16H,5-10,12H2,1H3. The number of aromatic nitrogens is 4. The molecule has 0 atom stereocenters. The van der Waals surface area contributed by atoms with Crippen LogP contribution >= 0.6 is 11.8 Å². The topological polar surface area (TPSA) is 56.2 Å². The molecule has 0 aromatic carbocycles. The van der Waals surface area contributed by atoms with Gasteiger partial charge < -0.3 is 8.82 Å². The summed E-state index contributed by atoms with van der Waals surface area (Å²) in [5, 5.41) is 9.57. The molecular weight excluding hydrogens is 356 g/mol. The molecule has 0 radical (unpaired) electrons. The zero-order valence-electron chi connectivity index (χ0n) is 15.6. The summed E-state index contributed by atoms with van der Waals surface area (Å²) in [6.45, 7) is 2.09. The quantitative estimate of drug-likeness (QED) is 0.609. The van der Waals surface area contributed by atoms with Crippen molar-refractivity contribution in [2.24, 2.45) is 17.8 Å². The monoisotopic (exact) mass is 380 g/mol. The van der Waals surface area contributed by atoms with Gasteiger partial charge in [0, 0.05) is 23.6 Å². The Morgan fingerprint density at radius 1 is 1.15 bits per heavy atom. The summed E-state index contributed by atoms with van der Waals surface area (Å²) in [5.41, 5.74) is 3.44. The number of hydrogen-bond donors (Lipinski definition) is 0. The van der Waals surface area contributed by atoms with Crippen molar-refractivity contribution in [3.05, 3.63) is 41.7 Å². The Labute approximate surface area is 163 Å². The van der Waals surface area contributed by atoms with E-state index in [1.54, 1.807) is 11.8 Å². The second-order valence-corrected chi connectivity index (χ2v) is 9.94. The van der Waals surface area contributed by atoms with Gasteiger partial charge in [0.15, 0.2) is 0 Å². The average molecular weight is 381 g/mol. The highest BCUT2D eigenvalue weighted by Gasteiger charge is 2.54. The molecule has 4 fully saturated rings. The minimum Gasteiger partial charge on any atom is -0.415 e. The molecule has 0 amide bonds. The number of aryl methyl sites for hydroxylation is 1.